The van der Waals surface area contributed by atoms with E-state index in [2.05, 4.69) is 5.32 Å². The van der Waals surface area contributed by atoms with E-state index in [1.165, 1.54) is 0 Å². The minimum atomic E-state index is -1.12. The molecule has 1 atom stereocenters. The Kier molecular flexibility index (Phi) is 3.40. The summed E-state index contributed by atoms with van der Waals surface area (Å²) < 4.78 is 6.69. The van der Waals surface area contributed by atoms with Gasteiger partial charge in [-0.1, -0.05) is 0 Å². The van der Waals surface area contributed by atoms with Gasteiger partial charge in [-0.3, -0.25) is 9.59 Å². The molecule has 0 radical (unpaired) electrons. The SMILES string of the molecule is [2H]CN[C@@H](CCC(=O)O)C(=O)O. The summed E-state index contributed by atoms with van der Waals surface area (Å²) >= 11 is 0. The van der Waals surface area contributed by atoms with Gasteiger partial charge in [0, 0.05) is 7.79 Å². The molecule has 0 aromatic carbocycles. The van der Waals surface area contributed by atoms with Gasteiger partial charge in [0.2, 0.25) is 0 Å². The Morgan fingerprint density at radius 3 is 2.64 bits per heavy atom. The van der Waals surface area contributed by atoms with E-state index in [0.29, 0.717) is 0 Å². The lowest BCUT2D eigenvalue weighted by molar-refractivity contribution is -0.140. The number of hydrogen-bond donors (Lipinski definition) is 3. The number of aliphatic carboxylic acids is 2. The van der Waals surface area contributed by atoms with E-state index in [4.69, 9.17) is 11.6 Å². The highest BCUT2D eigenvalue weighted by molar-refractivity contribution is 5.74. The van der Waals surface area contributed by atoms with Crippen molar-refractivity contribution >= 4 is 11.9 Å². The summed E-state index contributed by atoms with van der Waals surface area (Å²) in [4.78, 5) is 20.4. The predicted octanol–water partition coefficient (Wildman–Crippen LogP) is -0.476. The van der Waals surface area contributed by atoms with Crippen LogP contribution in [0.25, 0.3) is 0 Å². The molecule has 0 bridgehead atoms. The first-order chi connectivity index (χ1) is 5.57. The number of likely N-dealkylation sites (N-methyl/N-ethyl adjacent to an activating group) is 1. The zero-order valence-electron chi connectivity index (χ0n) is 6.91. The third kappa shape index (κ3) is 4.32. The summed E-state index contributed by atoms with van der Waals surface area (Å²) in [5.74, 6) is -2.16. The van der Waals surface area contributed by atoms with E-state index < -0.39 is 18.0 Å². The third-order valence-electron chi connectivity index (χ3n) is 1.19. The van der Waals surface area contributed by atoms with E-state index in [1.54, 1.807) is 0 Å². The van der Waals surface area contributed by atoms with Gasteiger partial charge in [-0.25, -0.2) is 0 Å². The Balaban J connectivity index is 3.79. The fraction of sp³-hybridized carbons (Fsp3) is 0.667. The molecule has 64 valence electrons. The Morgan fingerprint density at radius 2 is 2.27 bits per heavy atom. The minimum absolute atomic E-state index is 0.00352. The molecule has 0 aliphatic carbocycles. The summed E-state index contributed by atoms with van der Waals surface area (Å²) in [6.07, 6.45) is -0.201. The summed E-state index contributed by atoms with van der Waals surface area (Å²) in [6.45, 7) is 0. The van der Waals surface area contributed by atoms with Gasteiger partial charge in [-0.05, 0) is 13.4 Å². The van der Waals surface area contributed by atoms with Gasteiger partial charge in [-0.15, -0.1) is 0 Å². The van der Waals surface area contributed by atoms with Crippen LogP contribution in [-0.2, 0) is 9.59 Å². The van der Waals surface area contributed by atoms with Gasteiger partial charge in [0.25, 0.3) is 0 Å². The van der Waals surface area contributed by atoms with Gasteiger partial charge in [0.05, 0.1) is 0 Å². The van der Waals surface area contributed by atoms with Crippen molar-refractivity contribution in [1.82, 2.24) is 5.32 Å². The van der Waals surface area contributed by atoms with Crippen molar-refractivity contribution < 1.29 is 21.2 Å². The molecule has 11 heavy (non-hydrogen) atoms. The Morgan fingerprint density at radius 1 is 1.64 bits per heavy atom. The van der Waals surface area contributed by atoms with Gasteiger partial charge < -0.3 is 15.5 Å². The zero-order chi connectivity index (χ0) is 9.56. The lowest BCUT2D eigenvalue weighted by Crippen LogP contribution is -2.34. The molecule has 5 heteroatoms. The lowest BCUT2D eigenvalue weighted by atomic mass is 10.1. The van der Waals surface area contributed by atoms with E-state index >= 15 is 0 Å². The third-order valence-corrected chi connectivity index (χ3v) is 1.19. The van der Waals surface area contributed by atoms with Crippen LogP contribution in [0.15, 0.2) is 0 Å². The van der Waals surface area contributed by atoms with E-state index in [1.807, 2.05) is 0 Å². The molecular formula is C6H11NO4. The maximum Gasteiger partial charge on any atom is 0.320 e. The smallest absolute Gasteiger partial charge is 0.320 e. The molecule has 0 fully saturated rings. The van der Waals surface area contributed by atoms with Crippen LogP contribution < -0.4 is 5.32 Å². The van der Waals surface area contributed by atoms with Crippen LogP contribution in [-0.4, -0.2) is 35.2 Å². The number of nitrogens with one attached hydrogen (secondary N) is 1. The van der Waals surface area contributed by atoms with Gasteiger partial charge >= 0.3 is 11.9 Å². The first kappa shape index (κ1) is 8.00. The molecule has 0 aromatic rings. The molecule has 0 aliphatic rings. The predicted molar refractivity (Wildman–Crippen MR) is 37.4 cm³/mol. The van der Waals surface area contributed by atoms with E-state index in [0.717, 1.165) is 0 Å². The fourth-order valence-corrected chi connectivity index (χ4v) is 0.581. The van der Waals surface area contributed by atoms with Crippen LogP contribution in [0.3, 0.4) is 0 Å². The highest BCUT2D eigenvalue weighted by atomic mass is 16.4. The van der Waals surface area contributed by atoms with Crippen molar-refractivity contribution in [2.75, 3.05) is 7.02 Å². The highest BCUT2D eigenvalue weighted by Gasteiger charge is 2.15. The molecule has 5 nitrogen and oxygen atoms in total. The maximum absolute atomic E-state index is 10.4. The maximum atomic E-state index is 10.4. The molecule has 0 saturated heterocycles. The minimum Gasteiger partial charge on any atom is -0.481 e. The fourth-order valence-electron chi connectivity index (χ4n) is 0.581. The first-order valence-corrected chi connectivity index (χ1v) is 3.05. The van der Waals surface area contributed by atoms with Crippen LogP contribution in [0.4, 0.5) is 0 Å². The summed E-state index contributed by atoms with van der Waals surface area (Å²) in [7, 11) is -0.226. The summed E-state index contributed by atoms with van der Waals surface area (Å²) in [5, 5.41) is 19.1. The molecule has 0 saturated carbocycles. The number of carbonyl (C=O) groups is 2. The molecule has 0 unspecified atom stereocenters. The average Bonchev–Trinajstić information content (AvgIpc) is 1.96. The van der Waals surface area contributed by atoms with Crippen molar-refractivity contribution in [2.24, 2.45) is 0 Å². The highest BCUT2D eigenvalue weighted by Crippen LogP contribution is 1.96. The average molecular weight is 162 g/mol. The molecule has 0 rings (SSSR count). The van der Waals surface area contributed by atoms with Gasteiger partial charge in [0.1, 0.15) is 6.04 Å². The molecule has 0 aliphatic heterocycles. The number of rotatable bonds is 5. The monoisotopic (exact) mass is 162 g/mol. The Bertz CT molecular complexity index is 173. The molecule has 0 aromatic heterocycles. The van der Waals surface area contributed by atoms with Gasteiger partial charge in [-0.2, -0.15) is 0 Å². The molecular weight excluding hydrogens is 150 g/mol. The van der Waals surface area contributed by atoms with Crippen LogP contribution >= 0.6 is 0 Å². The van der Waals surface area contributed by atoms with Crippen molar-refractivity contribution in [3.63, 3.8) is 0 Å². The largest absolute Gasteiger partial charge is 0.481 e. The normalized spacial score (nSPS) is 13.6. The Hall–Kier alpha value is -1.10. The van der Waals surface area contributed by atoms with E-state index in [9.17, 15) is 9.59 Å². The second-order valence-corrected chi connectivity index (χ2v) is 2.03. The second-order valence-electron chi connectivity index (χ2n) is 2.03. The first-order valence-electron chi connectivity index (χ1n) is 3.76. The quantitative estimate of drug-likeness (QED) is 0.508. The van der Waals surface area contributed by atoms with Crippen molar-refractivity contribution in [3.8, 4) is 0 Å². The van der Waals surface area contributed by atoms with Crippen LogP contribution in [0.2, 0.25) is 0 Å². The van der Waals surface area contributed by atoms with Crippen LogP contribution in [0.1, 0.15) is 14.2 Å². The zero-order valence-corrected chi connectivity index (χ0v) is 5.91. The van der Waals surface area contributed by atoms with Crippen LogP contribution in [0.5, 0.6) is 0 Å². The summed E-state index contributed by atoms with van der Waals surface area (Å²) in [6, 6.07) is -0.932. The molecule has 3 N–H and O–H groups in total. The van der Waals surface area contributed by atoms with Gasteiger partial charge in [0.15, 0.2) is 0 Å². The standard InChI is InChI=1S/C6H11NO4/c1-7-4(6(10)11)2-3-5(8)9/h4,7H,2-3H2,1H3,(H,8,9)(H,10,11)/t4-/m0/s1/i1D. The molecule has 0 spiro atoms. The summed E-state index contributed by atoms with van der Waals surface area (Å²) in [5.41, 5.74) is 0. The second kappa shape index (κ2) is 4.68. The van der Waals surface area contributed by atoms with Crippen molar-refractivity contribution in [1.29, 1.82) is 0 Å². The lowest BCUT2D eigenvalue weighted by Gasteiger charge is -2.07. The van der Waals surface area contributed by atoms with Crippen LogP contribution in [0, 0.1) is 0 Å². The number of carboxylic acid groups (broad SMARTS) is 2. The van der Waals surface area contributed by atoms with Crippen molar-refractivity contribution in [2.45, 2.75) is 18.9 Å². The van der Waals surface area contributed by atoms with Crippen molar-refractivity contribution in [3.05, 3.63) is 0 Å². The van der Waals surface area contributed by atoms with E-state index in [-0.39, 0.29) is 19.9 Å². The number of hydrogen-bond acceptors (Lipinski definition) is 3. The molecule has 0 heterocycles. The topological polar surface area (TPSA) is 86.6 Å². The number of carboxylic acids is 2. The molecule has 0 amide bonds. The Labute approximate surface area is 65.4 Å².